The van der Waals surface area contributed by atoms with Gasteiger partial charge in [-0.25, -0.2) is 4.98 Å². The molecule has 6 heteroatoms. The van der Waals surface area contributed by atoms with E-state index < -0.39 is 0 Å². The highest BCUT2D eigenvalue weighted by atomic mass is 35.5. The van der Waals surface area contributed by atoms with Crippen molar-refractivity contribution in [2.24, 2.45) is 0 Å². The second-order valence-electron chi connectivity index (χ2n) is 5.50. The summed E-state index contributed by atoms with van der Waals surface area (Å²) in [5.41, 5.74) is 2.15. The molecule has 2 aromatic rings. The van der Waals surface area contributed by atoms with E-state index in [0.29, 0.717) is 33.5 Å². The number of hydrogen-bond acceptors (Lipinski definition) is 4. The van der Waals surface area contributed by atoms with E-state index in [9.17, 15) is 10.1 Å². The third-order valence-electron chi connectivity index (χ3n) is 3.54. The molecule has 0 aliphatic heterocycles. The highest BCUT2D eigenvalue weighted by molar-refractivity contribution is 7.99. The summed E-state index contributed by atoms with van der Waals surface area (Å²) < 4.78 is 0. The van der Waals surface area contributed by atoms with E-state index in [1.165, 1.54) is 11.8 Å². The molecule has 0 radical (unpaired) electrons. The summed E-state index contributed by atoms with van der Waals surface area (Å²) in [6, 6.07) is 13.0. The second-order valence-corrected chi connectivity index (χ2v) is 6.99. The van der Waals surface area contributed by atoms with Gasteiger partial charge in [0.2, 0.25) is 5.91 Å². The Morgan fingerprint density at radius 2 is 2.12 bits per heavy atom. The lowest BCUT2D eigenvalue weighted by molar-refractivity contribution is -0.115. The first-order valence-electron chi connectivity index (χ1n) is 8.21. The van der Waals surface area contributed by atoms with Crippen molar-refractivity contribution in [1.82, 2.24) is 4.98 Å². The van der Waals surface area contributed by atoms with Crippen molar-refractivity contribution in [3.63, 3.8) is 0 Å². The van der Waals surface area contributed by atoms with Gasteiger partial charge in [0, 0.05) is 17.9 Å². The Kier molecular flexibility index (Phi) is 7.77. The Morgan fingerprint density at radius 3 is 2.84 bits per heavy atom. The smallest absolute Gasteiger partial charge is 0.225 e. The number of rotatable bonds is 8. The van der Waals surface area contributed by atoms with Crippen LogP contribution in [0.15, 0.2) is 41.4 Å². The second kappa shape index (κ2) is 10.1. The van der Waals surface area contributed by atoms with Crippen LogP contribution in [0.2, 0.25) is 5.02 Å². The van der Waals surface area contributed by atoms with E-state index in [-0.39, 0.29) is 5.91 Å². The first-order valence-corrected chi connectivity index (χ1v) is 9.57. The van der Waals surface area contributed by atoms with Crippen molar-refractivity contribution in [2.45, 2.75) is 37.6 Å². The van der Waals surface area contributed by atoms with Gasteiger partial charge in [0.15, 0.2) is 0 Å². The quantitative estimate of drug-likeness (QED) is 0.656. The minimum absolute atomic E-state index is 0.110. The van der Waals surface area contributed by atoms with Crippen LogP contribution >= 0.6 is 23.4 Å². The third-order valence-corrected chi connectivity index (χ3v) is 4.86. The Hall–Kier alpha value is -2.03. The number of pyridine rings is 1. The number of unbranched alkanes of at least 4 members (excludes halogenated alkanes) is 1. The summed E-state index contributed by atoms with van der Waals surface area (Å²) >= 11 is 7.47. The van der Waals surface area contributed by atoms with E-state index in [2.05, 4.69) is 23.3 Å². The number of benzene rings is 1. The molecule has 1 N–H and O–H groups in total. The van der Waals surface area contributed by atoms with Crippen molar-refractivity contribution < 1.29 is 4.79 Å². The molecule has 1 aromatic carbocycles. The molecule has 0 saturated carbocycles. The summed E-state index contributed by atoms with van der Waals surface area (Å²) in [4.78, 5) is 16.6. The number of hydrogen-bond donors (Lipinski definition) is 1. The van der Waals surface area contributed by atoms with Gasteiger partial charge < -0.3 is 5.32 Å². The number of thioether (sulfide) groups is 1. The maximum Gasteiger partial charge on any atom is 0.225 e. The van der Waals surface area contributed by atoms with Crippen LogP contribution < -0.4 is 5.32 Å². The molecule has 0 aliphatic rings. The number of nitriles is 1. The molecule has 25 heavy (non-hydrogen) atoms. The molecule has 0 atom stereocenters. The fourth-order valence-corrected chi connectivity index (χ4v) is 3.30. The maximum atomic E-state index is 12.0. The first kappa shape index (κ1) is 19.3. The zero-order chi connectivity index (χ0) is 18.1. The predicted octanol–water partition coefficient (Wildman–Crippen LogP) is 5.07. The van der Waals surface area contributed by atoms with Gasteiger partial charge in [-0.05, 0) is 37.1 Å². The number of aryl methyl sites for hydroxylation is 1. The SMILES string of the molecule is CCCCc1ccc(C#N)c(SCCC(=O)Nc2ccccc2Cl)n1. The number of carbonyl (C=O) groups is 1. The number of aromatic nitrogens is 1. The summed E-state index contributed by atoms with van der Waals surface area (Å²) in [6.07, 6.45) is 3.40. The monoisotopic (exact) mass is 373 g/mol. The Labute approximate surface area is 157 Å². The largest absolute Gasteiger partial charge is 0.325 e. The number of nitrogens with one attached hydrogen (secondary N) is 1. The van der Waals surface area contributed by atoms with Gasteiger partial charge in [0.1, 0.15) is 11.1 Å². The molecule has 130 valence electrons. The Bertz CT molecular complexity index is 774. The van der Waals surface area contributed by atoms with Gasteiger partial charge >= 0.3 is 0 Å². The minimum atomic E-state index is -0.110. The molecule has 0 spiro atoms. The van der Waals surface area contributed by atoms with Crippen molar-refractivity contribution in [3.05, 3.63) is 52.7 Å². The van der Waals surface area contributed by atoms with Gasteiger partial charge in [0.25, 0.3) is 0 Å². The topological polar surface area (TPSA) is 65.8 Å². The van der Waals surface area contributed by atoms with E-state index in [4.69, 9.17) is 11.6 Å². The molecule has 0 aliphatic carbocycles. The lowest BCUT2D eigenvalue weighted by atomic mass is 10.2. The van der Waals surface area contributed by atoms with Gasteiger partial charge in [-0.15, -0.1) is 11.8 Å². The van der Waals surface area contributed by atoms with E-state index >= 15 is 0 Å². The van der Waals surface area contributed by atoms with Crippen LogP contribution in [0, 0.1) is 11.3 Å². The lowest BCUT2D eigenvalue weighted by Gasteiger charge is -2.08. The van der Waals surface area contributed by atoms with E-state index in [0.717, 1.165) is 25.0 Å². The molecule has 1 heterocycles. The predicted molar refractivity (Wildman–Crippen MR) is 103 cm³/mol. The molecule has 0 fully saturated rings. The lowest BCUT2D eigenvalue weighted by Crippen LogP contribution is -2.12. The van der Waals surface area contributed by atoms with Crippen molar-refractivity contribution in [1.29, 1.82) is 5.26 Å². The van der Waals surface area contributed by atoms with Crippen LogP contribution in [-0.4, -0.2) is 16.6 Å². The molecule has 1 aromatic heterocycles. The number of nitrogens with zero attached hydrogens (tertiary/aromatic N) is 2. The van der Waals surface area contributed by atoms with Crippen LogP contribution in [-0.2, 0) is 11.2 Å². The molecule has 0 bridgehead atoms. The summed E-state index contributed by atoms with van der Waals surface area (Å²) in [5.74, 6) is 0.441. The fourth-order valence-electron chi connectivity index (χ4n) is 2.19. The summed E-state index contributed by atoms with van der Waals surface area (Å²) in [5, 5.41) is 13.2. The Morgan fingerprint density at radius 1 is 1.32 bits per heavy atom. The fraction of sp³-hybridized carbons (Fsp3) is 0.316. The molecular weight excluding hydrogens is 354 g/mol. The highest BCUT2D eigenvalue weighted by Crippen LogP contribution is 2.23. The van der Waals surface area contributed by atoms with Crippen LogP contribution in [0.1, 0.15) is 37.4 Å². The van der Waals surface area contributed by atoms with Crippen molar-refractivity contribution in [2.75, 3.05) is 11.1 Å². The number of carbonyl (C=O) groups excluding carboxylic acids is 1. The third kappa shape index (κ3) is 6.08. The number of halogens is 1. The average molecular weight is 374 g/mol. The average Bonchev–Trinajstić information content (AvgIpc) is 2.62. The molecular formula is C19H20ClN3OS. The van der Waals surface area contributed by atoms with Crippen LogP contribution in [0.25, 0.3) is 0 Å². The summed E-state index contributed by atoms with van der Waals surface area (Å²) in [6.45, 7) is 2.14. The Balaban J connectivity index is 1.91. The standard InChI is InChI=1S/C19H20ClN3OS/c1-2-3-6-15-10-9-14(13-21)19(22-15)25-12-11-18(24)23-17-8-5-4-7-16(17)20/h4-5,7-10H,2-3,6,11-12H2,1H3,(H,23,24). The van der Waals surface area contributed by atoms with Gasteiger partial charge in [0.05, 0.1) is 16.3 Å². The zero-order valence-electron chi connectivity index (χ0n) is 14.1. The van der Waals surface area contributed by atoms with Gasteiger partial charge in [-0.1, -0.05) is 37.1 Å². The zero-order valence-corrected chi connectivity index (χ0v) is 15.7. The van der Waals surface area contributed by atoms with Gasteiger partial charge in [-0.2, -0.15) is 5.26 Å². The van der Waals surface area contributed by atoms with E-state index in [1.807, 2.05) is 24.3 Å². The molecule has 1 amide bonds. The molecule has 4 nitrogen and oxygen atoms in total. The molecule has 0 unspecified atom stereocenters. The maximum absolute atomic E-state index is 12.0. The van der Waals surface area contributed by atoms with Crippen molar-refractivity contribution in [3.8, 4) is 6.07 Å². The number of amides is 1. The highest BCUT2D eigenvalue weighted by Gasteiger charge is 2.09. The molecule has 2 rings (SSSR count). The number of para-hydroxylation sites is 1. The van der Waals surface area contributed by atoms with Crippen molar-refractivity contribution >= 4 is 35.0 Å². The normalized spacial score (nSPS) is 10.3. The summed E-state index contributed by atoms with van der Waals surface area (Å²) in [7, 11) is 0. The van der Waals surface area contributed by atoms with Crippen LogP contribution in [0.3, 0.4) is 0 Å². The first-order chi connectivity index (χ1) is 12.1. The van der Waals surface area contributed by atoms with Crippen LogP contribution in [0.5, 0.6) is 0 Å². The minimum Gasteiger partial charge on any atom is -0.325 e. The number of anilines is 1. The van der Waals surface area contributed by atoms with Gasteiger partial charge in [-0.3, -0.25) is 4.79 Å². The van der Waals surface area contributed by atoms with Crippen LogP contribution in [0.4, 0.5) is 5.69 Å². The molecule has 0 saturated heterocycles. The van der Waals surface area contributed by atoms with E-state index in [1.54, 1.807) is 12.1 Å².